The molecule has 0 N–H and O–H groups in total. The Hall–Kier alpha value is -2.21. The van der Waals surface area contributed by atoms with Crippen LogP contribution in [0.3, 0.4) is 0 Å². The minimum Gasteiger partial charge on any atom is -0.489 e. The largest absolute Gasteiger partial charge is 0.489 e. The van der Waals surface area contributed by atoms with Gasteiger partial charge in [-0.25, -0.2) is 9.97 Å². The van der Waals surface area contributed by atoms with Crippen LogP contribution in [0.25, 0.3) is 0 Å². The van der Waals surface area contributed by atoms with Crippen LogP contribution in [0.1, 0.15) is 19.8 Å². The predicted octanol–water partition coefficient (Wildman–Crippen LogP) is 2.32. The van der Waals surface area contributed by atoms with E-state index < -0.39 is 0 Å². The topological polar surface area (TPSA) is 60.4 Å². The van der Waals surface area contributed by atoms with Gasteiger partial charge in [-0.05, 0) is 38.0 Å². The van der Waals surface area contributed by atoms with Gasteiger partial charge in [0.25, 0.3) is 0 Å². The van der Waals surface area contributed by atoms with Crippen molar-refractivity contribution in [3.63, 3.8) is 0 Å². The van der Waals surface area contributed by atoms with Crippen LogP contribution >= 0.6 is 0 Å². The standard InChI is InChI=1S/C18H22N4O2/c1-18(13-23-15-4-2-6-19-11-15)10-14-12-22(9-5-16(14)24-18)17-20-7-3-8-21-17/h2-4,6-8,11,14,16H,5,9-10,12-13H2,1H3/t14-,16+,18-/m1/s1. The lowest BCUT2D eigenvalue weighted by atomic mass is 9.89. The molecule has 2 aromatic rings. The molecule has 0 amide bonds. The molecule has 2 aromatic heterocycles. The third-order valence-electron chi connectivity index (χ3n) is 4.81. The van der Waals surface area contributed by atoms with Gasteiger partial charge in [-0.1, -0.05) is 0 Å². The molecule has 0 radical (unpaired) electrons. The summed E-state index contributed by atoms with van der Waals surface area (Å²) in [7, 11) is 0. The first-order valence-corrected chi connectivity index (χ1v) is 8.44. The van der Waals surface area contributed by atoms with Gasteiger partial charge in [-0.3, -0.25) is 4.98 Å². The van der Waals surface area contributed by atoms with E-state index in [0.717, 1.165) is 37.6 Å². The van der Waals surface area contributed by atoms with Crippen molar-refractivity contribution in [1.82, 2.24) is 15.0 Å². The van der Waals surface area contributed by atoms with Gasteiger partial charge >= 0.3 is 0 Å². The summed E-state index contributed by atoms with van der Waals surface area (Å²) in [6, 6.07) is 5.65. The van der Waals surface area contributed by atoms with Gasteiger partial charge in [0.05, 0.1) is 12.3 Å². The van der Waals surface area contributed by atoms with Gasteiger partial charge in [0.1, 0.15) is 18.0 Å². The normalized spacial score (nSPS) is 29.3. The number of hydrogen-bond donors (Lipinski definition) is 0. The Balaban J connectivity index is 1.38. The minimum absolute atomic E-state index is 0.251. The van der Waals surface area contributed by atoms with Crippen LogP contribution in [0, 0.1) is 5.92 Å². The number of ether oxygens (including phenoxy) is 2. The van der Waals surface area contributed by atoms with E-state index in [1.165, 1.54) is 0 Å². The molecule has 0 aliphatic carbocycles. The van der Waals surface area contributed by atoms with Crippen molar-refractivity contribution >= 4 is 5.95 Å². The number of nitrogens with zero attached hydrogens (tertiary/aromatic N) is 4. The van der Waals surface area contributed by atoms with Gasteiger partial charge in [0, 0.05) is 37.6 Å². The second-order valence-corrected chi connectivity index (χ2v) is 6.83. The molecule has 2 aliphatic heterocycles. The van der Waals surface area contributed by atoms with Crippen LogP contribution < -0.4 is 9.64 Å². The van der Waals surface area contributed by atoms with Crippen LogP contribution in [-0.2, 0) is 4.74 Å². The minimum atomic E-state index is -0.251. The average molecular weight is 326 g/mol. The highest BCUT2D eigenvalue weighted by Gasteiger charge is 2.46. The van der Waals surface area contributed by atoms with E-state index in [-0.39, 0.29) is 5.60 Å². The Morgan fingerprint density at radius 2 is 2.17 bits per heavy atom. The van der Waals surface area contributed by atoms with Gasteiger partial charge in [-0.15, -0.1) is 0 Å². The molecule has 0 unspecified atom stereocenters. The third-order valence-corrected chi connectivity index (χ3v) is 4.81. The van der Waals surface area contributed by atoms with Crippen molar-refractivity contribution in [2.45, 2.75) is 31.5 Å². The van der Waals surface area contributed by atoms with E-state index in [1.54, 1.807) is 24.8 Å². The van der Waals surface area contributed by atoms with Crippen molar-refractivity contribution in [2.75, 3.05) is 24.6 Å². The molecule has 0 bridgehead atoms. The average Bonchev–Trinajstić information content (AvgIpc) is 2.97. The summed E-state index contributed by atoms with van der Waals surface area (Å²) in [5.74, 6) is 2.10. The fraction of sp³-hybridized carbons (Fsp3) is 0.500. The van der Waals surface area contributed by atoms with Crippen molar-refractivity contribution in [1.29, 1.82) is 0 Å². The maximum absolute atomic E-state index is 6.35. The van der Waals surface area contributed by atoms with Crippen LogP contribution in [0.5, 0.6) is 5.75 Å². The first kappa shape index (κ1) is 15.3. The summed E-state index contributed by atoms with van der Waals surface area (Å²) < 4.78 is 12.2. The van der Waals surface area contributed by atoms with Gasteiger partial charge in [0.15, 0.2) is 0 Å². The summed E-state index contributed by atoms with van der Waals surface area (Å²) in [5, 5.41) is 0. The monoisotopic (exact) mass is 326 g/mol. The number of fused-ring (bicyclic) bond motifs is 1. The molecule has 4 heterocycles. The molecule has 2 aliphatic rings. The fourth-order valence-corrected chi connectivity index (χ4v) is 3.73. The van der Waals surface area contributed by atoms with E-state index in [1.807, 2.05) is 18.2 Å². The van der Waals surface area contributed by atoms with Crippen LogP contribution in [0.4, 0.5) is 5.95 Å². The van der Waals surface area contributed by atoms with E-state index >= 15 is 0 Å². The van der Waals surface area contributed by atoms with Crippen molar-refractivity contribution in [3.8, 4) is 5.75 Å². The lowest BCUT2D eigenvalue weighted by Crippen LogP contribution is -2.42. The number of rotatable bonds is 4. The lowest BCUT2D eigenvalue weighted by Gasteiger charge is -2.33. The van der Waals surface area contributed by atoms with Gasteiger partial charge in [-0.2, -0.15) is 0 Å². The molecule has 0 spiro atoms. The first-order valence-electron chi connectivity index (χ1n) is 8.44. The molecule has 126 valence electrons. The molecule has 2 fully saturated rings. The van der Waals surface area contributed by atoms with Gasteiger partial charge in [0.2, 0.25) is 5.95 Å². The number of pyridine rings is 1. The number of piperidine rings is 1. The Labute approximate surface area is 141 Å². The lowest BCUT2D eigenvalue weighted by molar-refractivity contribution is -0.0611. The Morgan fingerprint density at radius 1 is 1.29 bits per heavy atom. The first-order chi connectivity index (χ1) is 11.7. The zero-order valence-electron chi connectivity index (χ0n) is 13.8. The predicted molar refractivity (Wildman–Crippen MR) is 90.0 cm³/mol. The maximum Gasteiger partial charge on any atom is 0.225 e. The number of aromatic nitrogens is 3. The highest BCUT2D eigenvalue weighted by molar-refractivity contribution is 5.30. The molecule has 3 atom stereocenters. The smallest absolute Gasteiger partial charge is 0.225 e. The molecular formula is C18H22N4O2. The quantitative estimate of drug-likeness (QED) is 0.859. The molecule has 0 saturated carbocycles. The molecule has 6 nitrogen and oxygen atoms in total. The number of hydrogen-bond acceptors (Lipinski definition) is 6. The van der Waals surface area contributed by atoms with Crippen molar-refractivity contribution in [3.05, 3.63) is 43.0 Å². The zero-order chi connectivity index (χ0) is 16.4. The molecule has 24 heavy (non-hydrogen) atoms. The Morgan fingerprint density at radius 3 is 2.96 bits per heavy atom. The fourth-order valence-electron chi connectivity index (χ4n) is 3.73. The van der Waals surface area contributed by atoms with Crippen LogP contribution in [-0.4, -0.2) is 46.4 Å². The van der Waals surface area contributed by atoms with Crippen molar-refractivity contribution < 1.29 is 9.47 Å². The maximum atomic E-state index is 6.35. The summed E-state index contributed by atoms with van der Waals surface area (Å²) in [5.41, 5.74) is -0.251. The van der Waals surface area contributed by atoms with E-state index in [4.69, 9.17) is 9.47 Å². The molecule has 6 heteroatoms. The summed E-state index contributed by atoms with van der Waals surface area (Å²) in [6.45, 7) is 4.57. The Bertz CT molecular complexity index is 669. The van der Waals surface area contributed by atoms with E-state index in [0.29, 0.717) is 18.6 Å². The molecule has 0 aromatic carbocycles. The second kappa shape index (κ2) is 6.36. The molecular weight excluding hydrogens is 304 g/mol. The summed E-state index contributed by atoms with van der Waals surface area (Å²) in [6.07, 6.45) is 9.37. The highest BCUT2D eigenvalue weighted by atomic mass is 16.6. The highest BCUT2D eigenvalue weighted by Crippen LogP contribution is 2.40. The SMILES string of the molecule is C[C@]1(COc2cccnc2)C[C@@H]2CN(c3ncccn3)CC[C@@H]2O1. The summed E-state index contributed by atoms with van der Waals surface area (Å²) in [4.78, 5) is 15.1. The van der Waals surface area contributed by atoms with E-state index in [2.05, 4.69) is 26.8 Å². The third kappa shape index (κ3) is 3.19. The van der Waals surface area contributed by atoms with E-state index in [9.17, 15) is 0 Å². The van der Waals surface area contributed by atoms with Crippen LogP contribution in [0.15, 0.2) is 43.0 Å². The van der Waals surface area contributed by atoms with Gasteiger partial charge < -0.3 is 14.4 Å². The molecule has 2 saturated heterocycles. The second-order valence-electron chi connectivity index (χ2n) is 6.83. The zero-order valence-corrected chi connectivity index (χ0v) is 13.8. The van der Waals surface area contributed by atoms with Crippen molar-refractivity contribution in [2.24, 2.45) is 5.92 Å². The van der Waals surface area contributed by atoms with Crippen LogP contribution in [0.2, 0.25) is 0 Å². The number of anilines is 1. The summed E-state index contributed by atoms with van der Waals surface area (Å²) >= 11 is 0. The Kier molecular flexibility index (Phi) is 4.06. The molecule has 4 rings (SSSR count).